The topological polar surface area (TPSA) is 84.4 Å². The second-order valence-corrected chi connectivity index (χ2v) is 10.1. The number of para-hydroxylation sites is 1. The van der Waals surface area contributed by atoms with Crippen molar-refractivity contribution in [2.45, 2.75) is 24.2 Å². The fourth-order valence-electron chi connectivity index (χ4n) is 4.04. The molecule has 3 aromatic carbocycles. The van der Waals surface area contributed by atoms with Gasteiger partial charge in [-0.3, -0.25) is 4.72 Å². The van der Waals surface area contributed by atoms with Crippen LogP contribution >= 0.6 is 0 Å². The van der Waals surface area contributed by atoms with Gasteiger partial charge in [-0.2, -0.15) is 0 Å². The largest absolute Gasteiger partial charge is 0.457 e. The minimum atomic E-state index is -3.77. The predicted octanol–water partition coefficient (Wildman–Crippen LogP) is 5.73. The number of nitrogens with zero attached hydrogens (tertiary/aromatic N) is 3. The van der Waals surface area contributed by atoms with E-state index in [-0.39, 0.29) is 4.90 Å². The van der Waals surface area contributed by atoms with Crippen LogP contribution in [0.5, 0.6) is 11.5 Å². The minimum absolute atomic E-state index is 0.147. The molecule has 4 aromatic rings. The van der Waals surface area contributed by atoms with Gasteiger partial charge in [-0.25, -0.2) is 8.42 Å². The zero-order chi connectivity index (χ0) is 24.1. The first kappa shape index (κ1) is 22.9. The fourth-order valence-corrected chi connectivity index (χ4v) is 5.09. The van der Waals surface area contributed by atoms with E-state index in [1.165, 1.54) is 31.4 Å². The third-order valence-electron chi connectivity index (χ3n) is 5.85. The number of aromatic nitrogens is 2. The highest BCUT2D eigenvalue weighted by Gasteiger charge is 2.16. The summed E-state index contributed by atoms with van der Waals surface area (Å²) in [7, 11) is -3.77. The lowest BCUT2D eigenvalue weighted by Gasteiger charge is -2.27. The highest BCUT2D eigenvalue weighted by molar-refractivity contribution is 7.92. The summed E-state index contributed by atoms with van der Waals surface area (Å²) >= 11 is 0. The summed E-state index contributed by atoms with van der Waals surface area (Å²) < 4.78 is 34.3. The van der Waals surface area contributed by atoms with Crippen molar-refractivity contribution < 1.29 is 13.2 Å². The maximum atomic E-state index is 13.0. The normalized spacial score (nSPS) is 13.9. The van der Waals surface area contributed by atoms with Gasteiger partial charge in [-0.05, 0) is 79.9 Å². The molecule has 0 unspecified atom stereocenters. The fraction of sp³-hybridized carbons (Fsp3) is 0.185. The van der Waals surface area contributed by atoms with Gasteiger partial charge in [0.25, 0.3) is 10.0 Å². The van der Waals surface area contributed by atoms with Gasteiger partial charge < -0.3 is 9.64 Å². The molecule has 1 aliphatic rings. The van der Waals surface area contributed by atoms with Crippen molar-refractivity contribution in [3.05, 3.63) is 91.0 Å². The van der Waals surface area contributed by atoms with Crippen LogP contribution in [-0.2, 0) is 10.0 Å². The van der Waals surface area contributed by atoms with Gasteiger partial charge in [0.15, 0.2) is 5.82 Å². The van der Waals surface area contributed by atoms with Gasteiger partial charge in [0.1, 0.15) is 11.5 Å². The average Bonchev–Trinajstić information content (AvgIpc) is 2.90. The van der Waals surface area contributed by atoms with E-state index in [4.69, 9.17) is 4.74 Å². The molecule has 1 N–H and O–H groups in total. The van der Waals surface area contributed by atoms with Crippen LogP contribution in [0.25, 0.3) is 11.3 Å². The quantitative estimate of drug-likeness (QED) is 0.359. The third-order valence-corrected chi connectivity index (χ3v) is 7.25. The van der Waals surface area contributed by atoms with Crippen molar-refractivity contribution >= 4 is 21.5 Å². The van der Waals surface area contributed by atoms with Crippen molar-refractivity contribution in [3.63, 3.8) is 0 Å². The number of piperidine rings is 1. The SMILES string of the molecule is O=S(=O)(Nc1cccc(-c2ccc(N3CCCCC3)nn2)c1)c1ccc(Oc2ccccc2)cc1. The molecule has 2 heterocycles. The van der Waals surface area contributed by atoms with Crippen molar-refractivity contribution in [1.29, 1.82) is 0 Å². The Balaban J connectivity index is 1.28. The molecule has 1 aliphatic heterocycles. The summed E-state index contributed by atoms with van der Waals surface area (Å²) in [6.45, 7) is 2.01. The maximum Gasteiger partial charge on any atom is 0.261 e. The summed E-state index contributed by atoms with van der Waals surface area (Å²) in [6.07, 6.45) is 3.61. The summed E-state index contributed by atoms with van der Waals surface area (Å²) in [5.41, 5.74) is 1.93. The van der Waals surface area contributed by atoms with E-state index in [2.05, 4.69) is 19.8 Å². The van der Waals surface area contributed by atoms with Gasteiger partial charge in [0.2, 0.25) is 0 Å². The second-order valence-electron chi connectivity index (χ2n) is 8.40. The predicted molar refractivity (Wildman–Crippen MR) is 137 cm³/mol. The highest BCUT2D eigenvalue weighted by atomic mass is 32.2. The Morgan fingerprint density at radius 1 is 0.743 bits per heavy atom. The van der Waals surface area contributed by atoms with E-state index < -0.39 is 10.0 Å². The van der Waals surface area contributed by atoms with Crippen LogP contribution in [-0.4, -0.2) is 31.7 Å². The number of benzene rings is 3. The Hall–Kier alpha value is -3.91. The van der Waals surface area contributed by atoms with Crippen LogP contribution in [0.2, 0.25) is 0 Å². The van der Waals surface area contributed by atoms with Crippen molar-refractivity contribution in [2.24, 2.45) is 0 Å². The van der Waals surface area contributed by atoms with Crippen LogP contribution in [0.15, 0.2) is 95.9 Å². The number of hydrogen-bond donors (Lipinski definition) is 1. The molecule has 5 rings (SSSR count). The van der Waals surface area contributed by atoms with E-state index in [9.17, 15) is 8.42 Å². The van der Waals surface area contributed by atoms with E-state index in [0.717, 1.165) is 24.5 Å². The Morgan fingerprint density at radius 3 is 2.20 bits per heavy atom. The van der Waals surface area contributed by atoms with Crippen LogP contribution in [0.3, 0.4) is 0 Å². The smallest absolute Gasteiger partial charge is 0.261 e. The Morgan fingerprint density at radius 2 is 1.49 bits per heavy atom. The molecule has 7 nitrogen and oxygen atoms in total. The van der Waals surface area contributed by atoms with Crippen LogP contribution in [0.4, 0.5) is 11.5 Å². The molecular weight excluding hydrogens is 460 g/mol. The zero-order valence-corrected chi connectivity index (χ0v) is 20.0. The van der Waals surface area contributed by atoms with Crippen molar-refractivity contribution in [3.8, 4) is 22.8 Å². The minimum Gasteiger partial charge on any atom is -0.457 e. The molecule has 0 radical (unpaired) electrons. The number of rotatable bonds is 7. The molecule has 0 spiro atoms. The van der Waals surface area contributed by atoms with Crippen LogP contribution in [0.1, 0.15) is 19.3 Å². The monoisotopic (exact) mass is 486 g/mol. The molecule has 8 heteroatoms. The Kier molecular flexibility index (Phi) is 6.63. The van der Waals surface area contributed by atoms with Crippen molar-refractivity contribution in [1.82, 2.24) is 10.2 Å². The molecule has 0 atom stereocenters. The third kappa shape index (κ3) is 5.60. The van der Waals surface area contributed by atoms with Gasteiger partial charge in [0, 0.05) is 24.3 Å². The van der Waals surface area contributed by atoms with E-state index in [1.54, 1.807) is 30.3 Å². The average molecular weight is 487 g/mol. The lowest BCUT2D eigenvalue weighted by atomic mass is 10.1. The molecule has 35 heavy (non-hydrogen) atoms. The van der Waals surface area contributed by atoms with E-state index >= 15 is 0 Å². The maximum absolute atomic E-state index is 13.0. The second kappa shape index (κ2) is 10.1. The number of ether oxygens (including phenoxy) is 1. The Bertz CT molecular complexity index is 1370. The highest BCUT2D eigenvalue weighted by Crippen LogP contribution is 2.26. The zero-order valence-electron chi connectivity index (χ0n) is 19.2. The molecule has 0 bridgehead atoms. The number of nitrogens with one attached hydrogen (secondary N) is 1. The number of sulfonamides is 1. The van der Waals surface area contributed by atoms with Gasteiger partial charge >= 0.3 is 0 Å². The van der Waals surface area contributed by atoms with E-state index in [0.29, 0.717) is 22.9 Å². The molecule has 0 saturated carbocycles. The molecule has 0 aliphatic carbocycles. The lowest BCUT2D eigenvalue weighted by Crippen LogP contribution is -2.30. The van der Waals surface area contributed by atoms with Gasteiger partial charge in [-0.1, -0.05) is 30.3 Å². The first-order valence-electron chi connectivity index (χ1n) is 11.6. The summed E-state index contributed by atoms with van der Waals surface area (Å²) in [4.78, 5) is 2.40. The molecule has 1 fully saturated rings. The Labute approximate surface area is 205 Å². The number of hydrogen-bond acceptors (Lipinski definition) is 6. The van der Waals surface area contributed by atoms with Gasteiger partial charge in [0.05, 0.1) is 10.6 Å². The first-order chi connectivity index (χ1) is 17.1. The summed E-state index contributed by atoms with van der Waals surface area (Å²) in [5, 5.41) is 8.78. The van der Waals surface area contributed by atoms with Crippen LogP contribution < -0.4 is 14.4 Å². The lowest BCUT2D eigenvalue weighted by molar-refractivity contribution is 0.482. The molecular formula is C27H26N4O3S. The molecule has 0 amide bonds. The van der Waals surface area contributed by atoms with Gasteiger partial charge in [-0.15, -0.1) is 10.2 Å². The standard InChI is InChI=1S/C27H26N4O3S/c32-35(33,25-14-12-24(13-15-25)34-23-10-3-1-4-11-23)30-22-9-7-8-21(20-22)26-16-17-27(29-28-26)31-18-5-2-6-19-31/h1,3-4,7-17,20,30H,2,5-6,18-19H2. The summed E-state index contributed by atoms with van der Waals surface area (Å²) in [5.74, 6) is 2.12. The first-order valence-corrected chi connectivity index (χ1v) is 13.1. The molecule has 1 aromatic heterocycles. The molecule has 1 saturated heterocycles. The molecule has 178 valence electrons. The number of anilines is 2. The van der Waals surface area contributed by atoms with Crippen molar-refractivity contribution in [2.75, 3.05) is 22.7 Å². The van der Waals surface area contributed by atoms with Crippen LogP contribution in [0, 0.1) is 0 Å². The van der Waals surface area contributed by atoms with E-state index in [1.807, 2.05) is 48.5 Å². The summed E-state index contributed by atoms with van der Waals surface area (Å²) in [6, 6.07) is 26.7.